The van der Waals surface area contributed by atoms with Crippen LogP contribution in [-0.4, -0.2) is 65.9 Å². The normalized spacial score (nSPS) is 14.5. The molecule has 0 aliphatic rings. The summed E-state index contributed by atoms with van der Waals surface area (Å²) >= 11 is 0. The minimum atomic E-state index is -0.392. The van der Waals surface area contributed by atoms with Crippen molar-refractivity contribution in [3.8, 4) is 0 Å². The second-order valence-electron chi connectivity index (χ2n) is 9.61. The Balaban J connectivity index is 2.15. The Morgan fingerprint density at radius 3 is 1.27 bits per heavy atom. The molecule has 0 spiro atoms. The van der Waals surface area contributed by atoms with Gasteiger partial charge in [-0.1, -0.05) is 38.1 Å². The van der Waals surface area contributed by atoms with E-state index in [4.69, 9.17) is 0 Å². The summed E-state index contributed by atoms with van der Waals surface area (Å²) < 4.78 is 0. The molecular weight excluding hydrogens is 472 g/mol. The van der Waals surface area contributed by atoms with E-state index < -0.39 is 9.85 Å². The molecule has 0 aliphatic carbocycles. The topological polar surface area (TPSA) is 117 Å². The van der Waals surface area contributed by atoms with Gasteiger partial charge in [-0.2, -0.15) is 0 Å². The van der Waals surface area contributed by atoms with E-state index in [0.717, 1.165) is 36.8 Å². The molecule has 2 aromatic rings. The molecule has 0 fully saturated rings. The van der Waals surface area contributed by atoms with Crippen LogP contribution in [0.4, 0.5) is 11.4 Å². The van der Waals surface area contributed by atoms with Crippen LogP contribution in [0.5, 0.6) is 0 Å². The summed E-state index contributed by atoms with van der Waals surface area (Å²) in [6.07, 6.45) is 3.12. The number of rotatable bonds is 14. The van der Waals surface area contributed by atoms with Gasteiger partial charge in [-0.25, -0.2) is 9.98 Å². The highest BCUT2D eigenvalue weighted by Gasteiger charge is 2.21. The number of hydrogen-bond donors (Lipinski definition) is 0. The first-order valence-corrected chi connectivity index (χ1v) is 12.5. The third-order valence-electron chi connectivity index (χ3n) is 6.64. The molecule has 0 heterocycles. The Labute approximate surface area is 219 Å². The molecule has 2 rings (SSSR count). The number of nitrogens with zero attached hydrogens (tertiary/aromatic N) is 6. The van der Waals surface area contributed by atoms with E-state index in [-0.39, 0.29) is 35.5 Å². The van der Waals surface area contributed by atoms with Crippen molar-refractivity contribution in [3.05, 3.63) is 79.9 Å². The molecule has 200 valence electrons. The minimum Gasteiger partial charge on any atom is -0.302 e. The van der Waals surface area contributed by atoms with Gasteiger partial charge in [0.15, 0.2) is 0 Å². The van der Waals surface area contributed by atoms with E-state index in [1.165, 1.54) is 24.3 Å². The predicted octanol–water partition coefficient (Wildman–Crippen LogP) is 5.92. The van der Waals surface area contributed by atoms with Crippen molar-refractivity contribution in [3.63, 3.8) is 0 Å². The summed E-state index contributed by atoms with van der Waals surface area (Å²) in [4.78, 5) is 34.7. The third-order valence-corrected chi connectivity index (χ3v) is 6.64. The van der Waals surface area contributed by atoms with Gasteiger partial charge in [0, 0.05) is 36.3 Å². The largest absolute Gasteiger partial charge is 0.302 e. The zero-order valence-electron chi connectivity index (χ0n) is 22.6. The Kier molecular flexibility index (Phi) is 11.5. The molecular formula is C27H38N6O4. The average Bonchev–Trinajstić information content (AvgIpc) is 2.87. The van der Waals surface area contributed by atoms with Crippen molar-refractivity contribution in [2.45, 2.75) is 63.7 Å². The highest BCUT2D eigenvalue weighted by molar-refractivity contribution is 5.42. The molecule has 37 heavy (non-hydrogen) atoms. The maximum Gasteiger partial charge on any atom is 0.269 e. The van der Waals surface area contributed by atoms with Gasteiger partial charge in [0.05, 0.1) is 27.9 Å². The lowest BCUT2D eigenvalue weighted by atomic mass is 9.97. The second-order valence-corrected chi connectivity index (χ2v) is 9.61. The molecule has 0 radical (unpaired) electrons. The van der Waals surface area contributed by atoms with Crippen molar-refractivity contribution in [2.75, 3.05) is 28.2 Å². The molecule has 0 aliphatic heterocycles. The van der Waals surface area contributed by atoms with Crippen LogP contribution in [0.25, 0.3) is 0 Å². The van der Waals surface area contributed by atoms with E-state index in [9.17, 15) is 20.2 Å². The lowest BCUT2D eigenvalue weighted by Crippen LogP contribution is -2.24. The van der Waals surface area contributed by atoms with Crippen molar-refractivity contribution >= 4 is 17.4 Å². The predicted molar refractivity (Wildman–Crippen MR) is 146 cm³/mol. The van der Waals surface area contributed by atoms with Crippen molar-refractivity contribution < 1.29 is 9.85 Å². The van der Waals surface area contributed by atoms with Crippen molar-refractivity contribution in [1.82, 2.24) is 9.80 Å². The Hall–Kier alpha value is -3.46. The van der Waals surface area contributed by atoms with Crippen LogP contribution >= 0.6 is 0 Å². The van der Waals surface area contributed by atoms with Crippen LogP contribution in [0, 0.1) is 20.2 Å². The summed E-state index contributed by atoms with van der Waals surface area (Å²) in [6.45, 7) is 4.15. The number of non-ortho nitro benzene ring substituents is 2. The van der Waals surface area contributed by atoms with E-state index in [0.29, 0.717) is 0 Å². The molecule has 0 saturated heterocycles. The van der Waals surface area contributed by atoms with Gasteiger partial charge >= 0.3 is 0 Å². The Morgan fingerprint density at radius 1 is 0.703 bits per heavy atom. The first kappa shape index (κ1) is 29.8. The van der Waals surface area contributed by atoms with Crippen LogP contribution in [0.1, 0.15) is 62.7 Å². The Morgan fingerprint density at radius 2 is 1.03 bits per heavy atom. The Bertz CT molecular complexity index is 996. The van der Waals surface area contributed by atoms with Crippen molar-refractivity contribution in [2.24, 2.45) is 9.98 Å². The quantitative estimate of drug-likeness (QED) is 0.177. The highest BCUT2D eigenvalue weighted by Crippen LogP contribution is 2.28. The van der Waals surface area contributed by atoms with Gasteiger partial charge in [-0.15, -0.1) is 0 Å². The lowest BCUT2D eigenvalue weighted by Gasteiger charge is -2.27. The van der Waals surface area contributed by atoms with Gasteiger partial charge in [-0.05, 0) is 65.0 Å². The van der Waals surface area contributed by atoms with Crippen LogP contribution in [0.15, 0.2) is 58.5 Å². The van der Waals surface area contributed by atoms with Crippen LogP contribution in [-0.2, 0) is 0 Å². The van der Waals surface area contributed by atoms with Gasteiger partial charge in [0.25, 0.3) is 11.4 Å². The van der Waals surface area contributed by atoms with Crippen LogP contribution in [0.3, 0.4) is 0 Å². The molecule has 10 nitrogen and oxygen atoms in total. The molecule has 0 N–H and O–H groups in total. The lowest BCUT2D eigenvalue weighted by molar-refractivity contribution is -0.385. The fraction of sp³-hybridized carbons (Fsp3) is 0.519. The highest BCUT2D eigenvalue weighted by atomic mass is 16.6. The monoisotopic (exact) mass is 510 g/mol. The minimum absolute atomic E-state index is 0.00293. The maximum absolute atomic E-state index is 11.0. The van der Waals surface area contributed by atoms with E-state index in [1.807, 2.05) is 28.2 Å². The first-order valence-electron chi connectivity index (χ1n) is 12.5. The van der Waals surface area contributed by atoms with Crippen LogP contribution < -0.4 is 0 Å². The summed E-state index contributed by atoms with van der Waals surface area (Å²) in [7, 11) is 7.96. The number of aliphatic imine (C=N–C) groups is 2. The van der Waals surface area contributed by atoms with E-state index in [2.05, 4.69) is 39.6 Å². The van der Waals surface area contributed by atoms with Gasteiger partial charge < -0.3 is 9.80 Å². The molecule has 0 saturated carbocycles. The van der Waals surface area contributed by atoms with Crippen LogP contribution in [0.2, 0.25) is 0 Å². The fourth-order valence-electron chi connectivity index (χ4n) is 4.26. The van der Waals surface area contributed by atoms with Gasteiger partial charge in [0.2, 0.25) is 0 Å². The zero-order valence-corrected chi connectivity index (χ0v) is 22.6. The van der Waals surface area contributed by atoms with E-state index >= 15 is 0 Å². The summed E-state index contributed by atoms with van der Waals surface area (Å²) in [6, 6.07) is 16.4. The summed E-state index contributed by atoms with van der Waals surface area (Å²) in [5.41, 5.74) is 2.16. The van der Waals surface area contributed by atoms with Gasteiger partial charge in [-0.3, -0.25) is 20.2 Å². The fourth-order valence-corrected chi connectivity index (χ4v) is 4.26. The molecule has 4 unspecified atom stereocenters. The number of hydrogen-bond acceptors (Lipinski definition) is 8. The molecule has 2 aromatic carbocycles. The molecule has 0 bridgehead atoms. The standard InChI is InChI=1S/C27H38N6O4/c1-7-22(17-26(30(3)4)20-9-13-24(14-10-20)32(34)35)28-19-29-23(8-2)18-27(31(5)6)21-11-15-25(16-12-21)33(36)37/h9-16,22-23,26-27H,7-8,17-18H2,1-6H3. The van der Waals surface area contributed by atoms with Gasteiger partial charge in [0.1, 0.15) is 0 Å². The molecule has 0 amide bonds. The SMILES string of the molecule is CCC(CC(c1ccc([N+](=O)[O-])cc1)N(C)C)N=C=NC(CC)CC(c1ccc([N+](=O)[O-])cc1)N(C)C. The van der Waals surface area contributed by atoms with E-state index in [1.54, 1.807) is 24.3 Å². The zero-order chi connectivity index (χ0) is 27.5. The molecule has 4 atom stereocenters. The smallest absolute Gasteiger partial charge is 0.269 e. The average molecular weight is 511 g/mol. The first-order chi connectivity index (χ1) is 17.6. The number of nitro groups is 2. The molecule has 0 aromatic heterocycles. The maximum atomic E-state index is 11.0. The molecule has 10 heteroatoms. The summed E-state index contributed by atoms with van der Waals surface area (Å²) in [5.74, 6) is 0. The third kappa shape index (κ3) is 8.86. The second kappa shape index (κ2) is 14.3. The number of nitro benzene ring substituents is 2. The summed E-state index contributed by atoms with van der Waals surface area (Å²) in [5, 5.41) is 22.0. The number of benzene rings is 2. The van der Waals surface area contributed by atoms with Crippen molar-refractivity contribution in [1.29, 1.82) is 0 Å².